The minimum atomic E-state index is 0.0460. The van der Waals surface area contributed by atoms with E-state index in [0.29, 0.717) is 12.5 Å². The van der Waals surface area contributed by atoms with Crippen LogP contribution in [0.25, 0.3) is 0 Å². The van der Waals surface area contributed by atoms with Gasteiger partial charge in [0.05, 0.1) is 6.54 Å². The molecule has 1 heterocycles. The third-order valence-electron chi connectivity index (χ3n) is 3.53. The SMILES string of the molecule is CC1CN(CC(=O)Nc2cccc(I)c2)CCC1N. The average molecular weight is 373 g/mol. The van der Waals surface area contributed by atoms with E-state index in [1.54, 1.807) is 0 Å². The zero-order valence-corrected chi connectivity index (χ0v) is 13.3. The molecule has 0 radical (unpaired) electrons. The first kappa shape index (κ1) is 14.7. The lowest BCUT2D eigenvalue weighted by atomic mass is 9.95. The van der Waals surface area contributed by atoms with E-state index in [-0.39, 0.29) is 11.9 Å². The molecule has 1 aliphatic heterocycles. The number of nitrogens with two attached hydrogens (primary N) is 1. The number of carbonyl (C=O) groups excluding carboxylic acids is 1. The second-order valence-corrected chi connectivity index (χ2v) is 6.47. The summed E-state index contributed by atoms with van der Waals surface area (Å²) >= 11 is 2.24. The fourth-order valence-electron chi connectivity index (χ4n) is 2.36. The summed E-state index contributed by atoms with van der Waals surface area (Å²) in [5.41, 5.74) is 6.84. The summed E-state index contributed by atoms with van der Waals surface area (Å²) in [4.78, 5) is 14.2. The van der Waals surface area contributed by atoms with Gasteiger partial charge in [-0.3, -0.25) is 9.69 Å². The summed E-state index contributed by atoms with van der Waals surface area (Å²) in [5, 5.41) is 2.94. The second kappa shape index (κ2) is 6.67. The van der Waals surface area contributed by atoms with Gasteiger partial charge in [0.25, 0.3) is 0 Å². The van der Waals surface area contributed by atoms with Gasteiger partial charge in [-0.1, -0.05) is 13.0 Å². The van der Waals surface area contributed by atoms with E-state index >= 15 is 0 Å². The Morgan fingerprint density at radius 3 is 3.05 bits per heavy atom. The van der Waals surface area contributed by atoms with Gasteiger partial charge in [0.15, 0.2) is 0 Å². The molecule has 1 aromatic rings. The molecule has 5 heteroatoms. The number of amides is 1. The summed E-state index contributed by atoms with van der Waals surface area (Å²) in [7, 11) is 0. The number of hydrogen-bond donors (Lipinski definition) is 2. The van der Waals surface area contributed by atoms with Crippen molar-refractivity contribution in [3.05, 3.63) is 27.8 Å². The molecule has 1 amide bonds. The van der Waals surface area contributed by atoms with Gasteiger partial charge in [0.2, 0.25) is 5.91 Å². The molecule has 1 aliphatic rings. The highest BCUT2D eigenvalue weighted by atomic mass is 127. The van der Waals surface area contributed by atoms with Crippen LogP contribution < -0.4 is 11.1 Å². The molecule has 19 heavy (non-hydrogen) atoms. The Hall–Kier alpha value is -0.660. The molecule has 4 nitrogen and oxygen atoms in total. The van der Waals surface area contributed by atoms with Crippen LogP contribution in [0, 0.1) is 9.49 Å². The Labute approximate surface area is 127 Å². The summed E-state index contributed by atoms with van der Waals surface area (Å²) < 4.78 is 1.12. The van der Waals surface area contributed by atoms with Gasteiger partial charge >= 0.3 is 0 Å². The quantitative estimate of drug-likeness (QED) is 0.796. The van der Waals surface area contributed by atoms with Crippen LogP contribution in [0.4, 0.5) is 5.69 Å². The molecule has 0 spiro atoms. The predicted octanol–water partition coefficient (Wildman–Crippen LogP) is 1.90. The molecule has 2 rings (SSSR count). The van der Waals surface area contributed by atoms with E-state index in [9.17, 15) is 4.79 Å². The second-order valence-electron chi connectivity index (χ2n) is 5.22. The van der Waals surface area contributed by atoms with Crippen molar-refractivity contribution in [3.63, 3.8) is 0 Å². The van der Waals surface area contributed by atoms with E-state index in [1.165, 1.54) is 0 Å². The Morgan fingerprint density at radius 2 is 2.37 bits per heavy atom. The van der Waals surface area contributed by atoms with Crippen LogP contribution in [0.5, 0.6) is 0 Å². The van der Waals surface area contributed by atoms with Crippen LogP contribution in [0.3, 0.4) is 0 Å². The van der Waals surface area contributed by atoms with Crippen molar-refractivity contribution in [3.8, 4) is 0 Å². The Kier molecular flexibility index (Phi) is 5.18. The molecule has 0 saturated carbocycles. The minimum Gasteiger partial charge on any atom is -0.327 e. The van der Waals surface area contributed by atoms with Crippen molar-refractivity contribution in [2.24, 2.45) is 11.7 Å². The largest absolute Gasteiger partial charge is 0.327 e. The lowest BCUT2D eigenvalue weighted by molar-refractivity contribution is -0.117. The molecular formula is C14H20IN3O. The van der Waals surface area contributed by atoms with Gasteiger partial charge in [0, 0.05) is 28.4 Å². The van der Waals surface area contributed by atoms with Gasteiger partial charge in [-0.2, -0.15) is 0 Å². The molecule has 1 fully saturated rings. The number of anilines is 1. The molecule has 1 saturated heterocycles. The normalized spacial score (nSPS) is 24.2. The monoisotopic (exact) mass is 373 g/mol. The Morgan fingerprint density at radius 1 is 1.58 bits per heavy atom. The summed E-state index contributed by atoms with van der Waals surface area (Å²) in [6.45, 7) is 4.41. The lowest BCUT2D eigenvalue weighted by Gasteiger charge is -2.34. The summed E-state index contributed by atoms with van der Waals surface area (Å²) in [5.74, 6) is 0.504. The number of benzene rings is 1. The molecule has 0 aliphatic carbocycles. The Bertz CT molecular complexity index is 452. The number of carbonyl (C=O) groups is 1. The first-order valence-electron chi connectivity index (χ1n) is 6.58. The molecule has 0 bridgehead atoms. The molecule has 0 aromatic heterocycles. The topological polar surface area (TPSA) is 58.4 Å². The van der Waals surface area contributed by atoms with Crippen LogP contribution in [-0.4, -0.2) is 36.5 Å². The van der Waals surface area contributed by atoms with Gasteiger partial charge in [-0.25, -0.2) is 0 Å². The standard InChI is InChI=1S/C14H20IN3O/c1-10-8-18(6-5-13(10)16)9-14(19)17-12-4-2-3-11(15)7-12/h2-4,7,10,13H,5-6,8-9,16H2,1H3,(H,17,19). The highest BCUT2D eigenvalue weighted by Gasteiger charge is 2.24. The number of hydrogen-bond acceptors (Lipinski definition) is 3. The van der Waals surface area contributed by atoms with E-state index in [0.717, 1.165) is 28.8 Å². The number of nitrogens with one attached hydrogen (secondary N) is 1. The first-order valence-corrected chi connectivity index (χ1v) is 7.66. The third-order valence-corrected chi connectivity index (χ3v) is 4.20. The molecule has 2 atom stereocenters. The maximum Gasteiger partial charge on any atom is 0.238 e. The van der Waals surface area contributed by atoms with Crippen molar-refractivity contribution in [1.29, 1.82) is 0 Å². The number of piperidine rings is 1. The van der Waals surface area contributed by atoms with Gasteiger partial charge in [0.1, 0.15) is 0 Å². The molecule has 2 unspecified atom stereocenters. The summed E-state index contributed by atoms with van der Waals surface area (Å²) in [6.07, 6.45) is 0.970. The molecular weight excluding hydrogens is 353 g/mol. The van der Waals surface area contributed by atoms with E-state index in [4.69, 9.17) is 5.73 Å². The van der Waals surface area contributed by atoms with Crippen molar-refractivity contribution in [1.82, 2.24) is 4.90 Å². The average Bonchev–Trinajstić information content (AvgIpc) is 2.34. The van der Waals surface area contributed by atoms with Crippen LogP contribution in [-0.2, 0) is 4.79 Å². The van der Waals surface area contributed by atoms with Crippen LogP contribution >= 0.6 is 22.6 Å². The minimum absolute atomic E-state index is 0.0460. The van der Waals surface area contributed by atoms with E-state index < -0.39 is 0 Å². The number of likely N-dealkylation sites (tertiary alicyclic amines) is 1. The highest BCUT2D eigenvalue weighted by molar-refractivity contribution is 14.1. The fraction of sp³-hybridized carbons (Fsp3) is 0.500. The molecule has 1 aromatic carbocycles. The smallest absolute Gasteiger partial charge is 0.238 e. The van der Waals surface area contributed by atoms with Gasteiger partial charge < -0.3 is 11.1 Å². The first-order chi connectivity index (χ1) is 9.04. The van der Waals surface area contributed by atoms with E-state index in [2.05, 4.69) is 39.7 Å². The van der Waals surface area contributed by atoms with E-state index in [1.807, 2.05) is 24.3 Å². The predicted molar refractivity (Wildman–Crippen MR) is 86.0 cm³/mol. The van der Waals surface area contributed by atoms with Crippen LogP contribution in [0.1, 0.15) is 13.3 Å². The molecule has 3 N–H and O–H groups in total. The van der Waals surface area contributed by atoms with Crippen molar-refractivity contribution in [2.45, 2.75) is 19.4 Å². The highest BCUT2D eigenvalue weighted by Crippen LogP contribution is 2.15. The fourth-order valence-corrected chi connectivity index (χ4v) is 2.91. The zero-order valence-electron chi connectivity index (χ0n) is 11.1. The third kappa shape index (κ3) is 4.43. The maximum absolute atomic E-state index is 12.0. The number of rotatable bonds is 3. The van der Waals surface area contributed by atoms with Crippen molar-refractivity contribution < 1.29 is 4.79 Å². The number of nitrogens with zero attached hydrogens (tertiary/aromatic N) is 1. The van der Waals surface area contributed by atoms with Crippen molar-refractivity contribution >= 4 is 34.2 Å². The van der Waals surface area contributed by atoms with Gasteiger partial charge in [-0.15, -0.1) is 0 Å². The van der Waals surface area contributed by atoms with Crippen LogP contribution in [0.15, 0.2) is 24.3 Å². The van der Waals surface area contributed by atoms with Crippen LogP contribution in [0.2, 0.25) is 0 Å². The van der Waals surface area contributed by atoms with Gasteiger partial charge in [-0.05, 0) is 53.1 Å². The molecule has 104 valence electrons. The zero-order chi connectivity index (χ0) is 13.8. The maximum atomic E-state index is 12.0. The Balaban J connectivity index is 1.85. The summed E-state index contributed by atoms with van der Waals surface area (Å²) in [6, 6.07) is 8.10. The van der Waals surface area contributed by atoms with Crippen molar-refractivity contribution in [2.75, 3.05) is 25.0 Å². The lowest BCUT2D eigenvalue weighted by Crippen LogP contribution is -2.48. The number of halogens is 1.